The quantitative estimate of drug-likeness (QED) is 0.739. The summed E-state index contributed by atoms with van der Waals surface area (Å²) in [5, 5.41) is 0. The molecule has 3 nitrogen and oxygen atoms in total. The van der Waals surface area contributed by atoms with E-state index in [2.05, 4.69) is 22.0 Å². The number of carbonyl (C=O) groups is 1. The summed E-state index contributed by atoms with van der Waals surface area (Å²) in [6.45, 7) is 7.25. The van der Waals surface area contributed by atoms with E-state index >= 15 is 0 Å². The minimum absolute atomic E-state index is 0.194. The molecule has 0 saturated carbocycles. The van der Waals surface area contributed by atoms with Crippen LogP contribution in [0.2, 0.25) is 0 Å². The van der Waals surface area contributed by atoms with Crippen LogP contribution in [-0.2, 0) is 4.74 Å². The number of carbonyl (C=O) groups excluding carboxylic acids is 1. The largest absolute Gasteiger partial charge is 0.444 e. The van der Waals surface area contributed by atoms with Gasteiger partial charge in [0, 0.05) is 13.1 Å². The van der Waals surface area contributed by atoms with Crippen molar-refractivity contribution in [2.24, 2.45) is 5.92 Å². The van der Waals surface area contributed by atoms with Crippen LogP contribution >= 0.6 is 15.9 Å². The minimum Gasteiger partial charge on any atom is -0.444 e. The number of ether oxygens (including phenoxy) is 1. The van der Waals surface area contributed by atoms with E-state index in [0.29, 0.717) is 5.92 Å². The van der Waals surface area contributed by atoms with Crippen molar-refractivity contribution in [1.82, 2.24) is 4.90 Å². The van der Waals surface area contributed by atoms with Gasteiger partial charge in [0.1, 0.15) is 5.60 Å². The lowest BCUT2D eigenvalue weighted by Gasteiger charge is -2.33. The van der Waals surface area contributed by atoms with E-state index in [9.17, 15) is 4.79 Å². The molecule has 1 heterocycles. The maximum Gasteiger partial charge on any atom is 0.410 e. The van der Waals surface area contributed by atoms with Crippen LogP contribution in [0.15, 0.2) is 11.1 Å². The number of amides is 1. The first-order valence-corrected chi connectivity index (χ1v) is 6.59. The SMILES string of the molecule is CC(C)(C)OC(=O)N1CCCC(/C=C/Br)C1. The Morgan fingerprint density at radius 2 is 2.19 bits per heavy atom. The van der Waals surface area contributed by atoms with Gasteiger partial charge in [0.15, 0.2) is 0 Å². The van der Waals surface area contributed by atoms with Crippen LogP contribution in [-0.4, -0.2) is 29.7 Å². The molecule has 1 unspecified atom stereocenters. The summed E-state index contributed by atoms with van der Waals surface area (Å²) in [5.41, 5.74) is -0.407. The van der Waals surface area contributed by atoms with E-state index in [4.69, 9.17) is 4.74 Å². The van der Waals surface area contributed by atoms with Gasteiger partial charge in [-0.15, -0.1) is 0 Å². The van der Waals surface area contributed by atoms with Gasteiger partial charge in [0.2, 0.25) is 0 Å². The van der Waals surface area contributed by atoms with E-state index in [1.807, 2.05) is 25.8 Å². The van der Waals surface area contributed by atoms with Crippen molar-refractivity contribution in [2.75, 3.05) is 13.1 Å². The van der Waals surface area contributed by atoms with E-state index in [1.165, 1.54) is 0 Å². The molecule has 0 bridgehead atoms. The number of halogens is 1. The zero-order chi connectivity index (χ0) is 12.2. The molecule has 92 valence electrons. The van der Waals surface area contributed by atoms with E-state index < -0.39 is 5.60 Å². The second-order valence-electron chi connectivity index (χ2n) is 5.15. The Kier molecular flexibility index (Phi) is 4.84. The van der Waals surface area contributed by atoms with Gasteiger partial charge >= 0.3 is 6.09 Å². The van der Waals surface area contributed by atoms with Crippen molar-refractivity contribution < 1.29 is 9.53 Å². The Morgan fingerprint density at radius 3 is 2.75 bits per heavy atom. The van der Waals surface area contributed by atoms with Crippen molar-refractivity contribution in [1.29, 1.82) is 0 Å². The zero-order valence-electron chi connectivity index (χ0n) is 10.2. The second-order valence-corrected chi connectivity index (χ2v) is 5.68. The molecule has 1 aliphatic heterocycles. The first kappa shape index (κ1) is 13.6. The molecule has 1 aliphatic rings. The number of hydrogen-bond acceptors (Lipinski definition) is 2. The van der Waals surface area contributed by atoms with Gasteiger partial charge in [-0.3, -0.25) is 0 Å². The summed E-state index contributed by atoms with van der Waals surface area (Å²) in [4.78, 5) is 15.5. The molecule has 0 aromatic rings. The molecular formula is C12H20BrNO2. The van der Waals surface area contributed by atoms with Crippen molar-refractivity contribution in [3.8, 4) is 0 Å². The Labute approximate surface area is 106 Å². The number of piperidine rings is 1. The third kappa shape index (κ3) is 4.56. The van der Waals surface area contributed by atoms with E-state index in [0.717, 1.165) is 25.9 Å². The van der Waals surface area contributed by atoms with Crippen LogP contribution in [0.3, 0.4) is 0 Å². The fourth-order valence-electron chi connectivity index (χ4n) is 1.76. The van der Waals surface area contributed by atoms with Gasteiger partial charge in [-0.05, 0) is 44.5 Å². The fraction of sp³-hybridized carbons (Fsp3) is 0.750. The first-order valence-electron chi connectivity index (χ1n) is 5.67. The Bertz CT molecular complexity index is 271. The van der Waals surface area contributed by atoms with E-state index in [1.54, 1.807) is 4.90 Å². The molecule has 1 rings (SSSR count). The number of nitrogens with zero attached hydrogens (tertiary/aromatic N) is 1. The van der Waals surface area contributed by atoms with Crippen LogP contribution < -0.4 is 0 Å². The standard InChI is InChI=1S/C12H20BrNO2/c1-12(2,3)16-11(15)14-8-4-5-10(9-14)6-7-13/h6-7,10H,4-5,8-9H2,1-3H3/b7-6+. The molecule has 1 amide bonds. The maximum absolute atomic E-state index is 11.8. The molecule has 0 spiro atoms. The predicted molar refractivity (Wildman–Crippen MR) is 68.6 cm³/mol. The average molecular weight is 290 g/mol. The Morgan fingerprint density at radius 1 is 1.50 bits per heavy atom. The van der Waals surface area contributed by atoms with Gasteiger partial charge < -0.3 is 9.64 Å². The van der Waals surface area contributed by atoms with Crippen LogP contribution in [0.1, 0.15) is 33.6 Å². The smallest absolute Gasteiger partial charge is 0.410 e. The predicted octanol–water partition coefficient (Wildman–Crippen LogP) is 3.54. The van der Waals surface area contributed by atoms with Gasteiger partial charge in [-0.2, -0.15) is 0 Å². The average Bonchev–Trinajstić information content (AvgIpc) is 2.16. The molecule has 0 aromatic heterocycles. The van der Waals surface area contributed by atoms with Crippen molar-refractivity contribution in [2.45, 2.75) is 39.2 Å². The molecule has 0 radical (unpaired) electrons. The summed E-state index contributed by atoms with van der Waals surface area (Å²) in [6.07, 6.45) is 4.08. The number of rotatable bonds is 1. The van der Waals surface area contributed by atoms with Crippen LogP contribution in [0.25, 0.3) is 0 Å². The summed E-state index contributed by atoms with van der Waals surface area (Å²) in [6, 6.07) is 0. The molecule has 1 saturated heterocycles. The first-order chi connectivity index (χ1) is 7.42. The van der Waals surface area contributed by atoms with E-state index in [-0.39, 0.29) is 6.09 Å². The van der Waals surface area contributed by atoms with Crippen LogP contribution in [0.4, 0.5) is 4.79 Å². The van der Waals surface area contributed by atoms with Gasteiger partial charge in [-0.25, -0.2) is 4.79 Å². The molecule has 1 atom stereocenters. The van der Waals surface area contributed by atoms with Crippen molar-refractivity contribution in [3.05, 3.63) is 11.1 Å². The maximum atomic E-state index is 11.8. The molecule has 0 aromatic carbocycles. The van der Waals surface area contributed by atoms with Crippen molar-refractivity contribution >= 4 is 22.0 Å². The lowest BCUT2D eigenvalue weighted by Crippen LogP contribution is -2.42. The molecule has 0 aliphatic carbocycles. The van der Waals surface area contributed by atoms with Gasteiger partial charge in [-0.1, -0.05) is 22.0 Å². The van der Waals surface area contributed by atoms with Crippen LogP contribution in [0.5, 0.6) is 0 Å². The highest BCUT2D eigenvalue weighted by Crippen LogP contribution is 2.20. The monoisotopic (exact) mass is 289 g/mol. The molecule has 0 N–H and O–H groups in total. The highest BCUT2D eigenvalue weighted by atomic mass is 79.9. The number of likely N-dealkylation sites (tertiary alicyclic amines) is 1. The normalized spacial score (nSPS) is 22.5. The summed E-state index contributed by atoms with van der Waals surface area (Å²) in [7, 11) is 0. The summed E-state index contributed by atoms with van der Waals surface area (Å²) >= 11 is 3.28. The van der Waals surface area contributed by atoms with Gasteiger partial charge in [0.25, 0.3) is 0 Å². The molecule has 1 fully saturated rings. The third-order valence-electron chi connectivity index (χ3n) is 2.45. The Balaban J connectivity index is 2.50. The summed E-state index contributed by atoms with van der Waals surface area (Å²) in [5.74, 6) is 0.445. The molecule has 4 heteroatoms. The summed E-state index contributed by atoms with van der Waals surface area (Å²) < 4.78 is 5.35. The third-order valence-corrected chi connectivity index (χ3v) is 2.76. The lowest BCUT2D eigenvalue weighted by molar-refractivity contribution is 0.0187. The Hall–Kier alpha value is -0.510. The topological polar surface area (TPSA) is 29.5 Å². The van der Waals surface area contributed by atoms with Crippen molar-refractivity contribution in [3.63, 3.8) is 0 Å². The number of hydrogen-bond donors (Lipinski definition) is 0. The zero-order valence-corrected chi connectivity index (χ0v) is 11.8. The second kappa shape index (κ2) is 5.71. The van der Waals surface area contributed by atoms with Crippen LogP contribution in [0, 0.1) is 5.92 Å². The molecule has 16 heavy (non-hydrogen) atoms. The molecular weight excluding hydrogens is 270 g/mol. The fourth-order valence-corrected chi connectivity index (χ4v) is 2.19. The minimum atomic E-state index is -0.407. The van der Waals surface area contributed by atoms with Gasteiger partial charge in [0.05, 0.1) is 0 Å². The highest BCUT2D eigenvalue weighted by Gasteiger charge is 2.26. The lowest BCUT2D eigenvalue weighted by atomic mass is 9.99. The highest BCUT2D eigenvalue weighted by molar-refractivity contribution is 9.11.